The quantitative estimate of drug-likeness (QED) is 0.430. The van der Waals surface area contributed by atoms with E-state index in [9.17, 15) is 18.3 Å². The van der Waals surface area contributed by atoms with E-state index in [0.29, 0.717) is 19.6 Å². The van der Waals surface area contributed by atoms with Gasteiger partial charge >= 0.3 is 0 Å². The van der Waals surface area contributed by atoms with E-state index >= 15 is 0 Å². The van der Waals surface area contributed by atoms with Gasteiger partial charge in [0.1, 0.15) is 6.10 Å². The molecule has 10 heteroatoms. The Hall–Kier alpha value is -3.47. The lowest BCUT2D eigenvalue weighted by Gasteiger charge is -2.38. The zero-order valence-electron chi connectivity index (χ0n) is 21.8. The summed E-state index contributed by atoms with van der Waals surface area (Å²) >= 11 is 0. The van der Waals surface area contributed by atoms with Gasteiger partial charge in [0.2, 0.25) is 0 Å². The van der Waals surface area contributed by atoms with Crippen LogP contribution in [0.3, 0.4) is 0 Å². The van der Waals surface area contributed by atoms with Crippen molar-refractivity contribution in [1.82, 2.24) is 14.8 Å². The first-order chi connectivity index (χ1) is 18.2. The molecule has 38 heavy (non-hydrogen) atoms. The molecule has 0 fully saturated rings. The fourth-order valence-corrected chi connectivity index (χ4v) is 5.60. The molecule has 1 aromatic heterocycles. The summed E-state index contributed by atoms with van der Waals surface area (Å²) < 4.78 is 35.5. The third kappa shape index (κ3) is 6.32. The van der Waals surface area contributed by atoms with Gasteiger partial charge in [0, 0.05) is 37.9 Å². The molecule has 202 valence electrons. The summed E-state index contributed by atoms with van der Waals surface area (Å²) in [5, 5.41) is 9.88. The van der Waals surface area contributed by atoms with Gasteiger partial charge in [-0.3, -0.25) is 19.4 Å². The molecule has 2 aromatic carbocycles. The normalized spacial score (nSPS) is 18.8. The maximum Gasteiger partial charge on any atom is 0.262 e. The summed E-state index contributed by atoms with van der Waals surface area (Å²) in [6.45, 7) is 5.17. The number of aliphatic hydroxyl groups is 1. The van der Waals surface area contributed by atoms with Crippen LogP contribution in [0, 0.1) is 5.92 Å². The van der Waals surface area contributed by atoms with Crippen LogP contribution < -0.4 is 9.46 Å². The monoisotopic (exact) mass is 538 g/mol. The Morgan fingerprint density at radius 3 is 2.53 bits per heavy atom. The first-order valence-electron chi connectivity index (χ1n) is 12.6. The van der Waals surface area contributed by atoms with Crippen LogP contribution in [0.25, 0.3) is 0 Å². The minimum Gasteiger partial charge on any atom is -0.486 e. The van der Waals surface area contributed by atoms with Crippen LogP contribution in [-0.2, 0) is 16.6 Å². The van der Waals surface area contributed by atoms with Crippen LogP contribution in [-0.4, -0.2) is 73.1 Å². The highest BCUT2D eigenvalue weighted by Gasteiger charge is 2.35. The summed E-state index contributed by atoms with van der Waals surface area (Å²) in [7, 11) is -1.94. The van der Waals surface area contributed by atoms with Crippen molar-refractivity contribution < 1.29 is 23.1 Å². The largest absolute Gasteiger partial charge is 0.486 e. The summed E-state index contributed by atoms with van der Waals surface area (Å²) in [5.41, 5.74) is 1.53. The standard InChI is InChI=1S/C28H34N4O5S/c1-20-16-32(21(2)19-33)28(34)24-10-7-11-25(30-38(35,36)23-8-5-4-6-9-23)27(24)37-26(20)18-31(3)17-22-12-14-29-15-13-22/h4-15,20-21,26,30,33H,16-19H2,1-3H3/t20-,21-,26-/m1/s1. The average molecular weight is 539 g/mol. The van der Waals surface area contributed by atoms with E-state index in [0.717, 1.165) is 5.56 Å². The molecule has 0 saturated carbocycles. The zero-order valence-corrected chi connectivity index (χ0v) is 22.6. The second kappa shape index (κ2) is 11.9. The van der Waals surface area contributed by atoms with E-state index in [2.05, 4.69) is 14.6 Å². The maximum absolute atomic E-state index is 13.6. The first kappa shape index (κ1) is 27.6. The SMILES string of the molecule is C[C@@H]1CN([C@H](C)CO)C(=O)c2cccc(NS(=O)(=O)c3ccccc3)c2O[C@@H]1CN(C)Cc1ccncc1. The number of fused-ring (bicyclic) bond motifs is 1. The van der Waals surface area contributed by atoms with E-state index in [-0.39, 0.29) is 46.4 Å². The second-order valence-electron chi connectivity index (χ2n) is 9.78. The molecule has 0 bridgehead atoms. The number of para-hydroxylation sites is 1. The minimum absolute atomic E-state index is 0.104. The molecule has 0 spiro atoms. The van der Waals surface area contributed by atoms with E-state index in [4.69, 9.17) is 4.74 Å². The molecular formula is C28H34N4O5S. The predicted molar refractivity (Wildman–Crippen MR) is 145 cm³/mol. The van der Waals surface area contributed by atoms with Crippen LogP contribution in [0.1, 0.15) is 29.8 Å². The lowest BCUT2D eigenvalue weighted by molar-refractivity contribution is 0.0344. The number of ether oxygens (including phenoxy) is 1. The highest BCUT2D eigenvalue weighted by Crippen LogP contribution is 2.36. The summed E-state index contributed by atoms with van der Waals surface area (Å²) in [6, 6.07) is 16.4. The van der Waals surface area contributed by atoms with E-state index < -0.39 is 16.1 Å². The third-order valence-corrected chi connectivity index (χ3v) is 8.06. The van der Waals surface area contributed by atoms with Crippen LogP contribution in [0.15, 0.2) is 78.0 Å². The van der Waals surface area contributed by atoms with Gasteiger partial charge < -0.3 is 14.7 Å². The van der Waals surface area contributed by atoms with Crippen molar-refractivity contribution in [2.24, 2.45) is 5.92 Å². The number of hydrogen-bond donors (Lipinski definition) is 2. The lowest BCUT2D eigenvalue weighted by Crippen LogP contribution is -2.49. The summed E-state index contributed by atoms with van der Waals surface area (Å²) in [4.78, 5) is 21.6. The number of rotatable bonds is 9. The average Bonchev–Trinajstić information content (AvgIpc) is 2.91. The van der Waals surface area contributed by atoms with Gasteiger partial charge in [0.25, 0.3) is 15.9 Å². The van der Waals surface area contributed by atoms with Gasteiger partial charge in [0.05, 0.1) is 28.8 Å². The van der Waals surface area contributed by atoms with Crippen molar-refractivity contribution in [2.75, 3.05) is 31.5 Å². The number of benzene rings is 2. The second-order valence-corrected chi connectivity index (χ2v) is 11.5. The molecule has 0 saturated heterocycles. The Kier molecular flexibility index (Phi) is 8.65. The Morgan fingerprint density at radius 1 is 1.13 bits per heavy atom. The molecule has 2 N–H and O–H groups in total. The van der Waals surface area contributed by atoms with Crippen molar-refractivity contribution >= 4 is 21.6 Å². The number of amides is 1. The molecule has 0 aliphatic carbocycles. The number of hydrogen-bond acceptors (Lipinski definition) is 7. The van der Waals surface area contributed by atoms with Crippen LogP contribution >= 0.6 is 0 Å². The number of carbonyl (C=O) groups is 1. The van der Waals surface area contributed by atoms with E-state index in [1.165, 1.54) is 12.1 Å². The number of nitrogens with one attached hydrogen (secondary N) is 1. The number of carbonyl (C=O) groups excluding carboxylic acids is 1. The van der Waals surface area contributed by atoms with Gasteiger partial charge in [-0.25, -0.2) is 8.42 Å². The number of nitrogens with zero attached hydrogens (tertiary/aromatic N) is 3. The van der Waals surface area contributed by atoms with Crippen molar-refractivity contribution in [3.63, 3.8) is 0 Å². The van der Waals surface area contributed by atoms with E-state index in [1.54, 1.807) is 60.6 Å². The zero-order chi connectivity index (χ0) is 27.3. The van der Waals surface area contributed by atoms with Gasteiger partial charge in [-0.1, -0.05) is 31.2 Å². The summed E-state index contributed by atoms with van der Waals surface area (Å²) in [6.07, 6.45) is 3.13. The van der Waals surface area contributed by atoms with Gasteiger partial charge in [-0.15, -0.1) is 0 Å². The molecule has 0 radical (unpaired) electrons. The lowest BCUT2D eigenvalue weighted by atomic mass is 9.99. The van der Waals surface area contributed by atoms with Crippen LogP contribution in [0.2, 0.25) is 0 Å². The Bertz CT molecular complexity index is 1340. The highest BCUT2D eigenvalue weighted by molar-refractivity contribution is 7.92. The van der Waals surface area contributed by atoms with Gasteiger partial charge in [-0.05, 0) is 55.9 Å². The smallest absolute Gasteiger partial charge is 0.262 e. The number of pyridine rings is 1. The third-order valence-electron chi connectivity index (χ3n) is 6.68. The number of likely N-dealkylation sites (N-methyl/N-ethyl adjacent to an activating group) is 1. The molecule has 1 aliphatic heterocycles. The minimum atomic E-state index is -3.93. The molecular weight excluding hydrogens is 504 g/mol. The molecule has 1 amide bonds. The highest BCUT2D eigenvalue weighted by atomic mass is 32.2. The molecule has 2 heterocycles. The molecule has 3 aromatic rings. The number of aromatic nitrogens is 1. The molecule has 9 nitrogen and oxygen atoms in total. The van der Waals surface area contributed by atoms with Crippen molar-refractivity contribution in [3.05, 3.63) is 84.2 Å². The number of anilines is 1. The molecule has 0 unspecified atom stereocenters. The molecule has 1 aliphatic rings. The number of sulfonamides is 1. The Labute approximate surface area is 224 Å². The van der Waals surface area contributed by atoms with E-state index in [1.807, 2.05) is 26.1 Å². The van der Waals surface area contributed by atoms with Gasteiger partial charge in [-0.2, -0.15) is 0 Å². The fraction of sp³-hybridized carbons (Fsp3) is 0.357. The Morgan fingerprint density at radius 2 is 1.84 bits per heavy atom. The van der Waals surface area contributed by atoms with Crippen molar-refractivity contribution in [3.8, 4) is 5.75 Å². The Balaban J connectivity index is 1.71. The summed E-state index contributed by atoms with van der Waals surface area (Å²) in [5.74, 6) is -0.251. The topological polar surface area (TPSA) is 112 Å². The van der Waals surface area contributed by atoms with Crippen molar-refractivity contribution in [1.29, 1.82) is 0 Å². The van der Waals surface area contributed by atoms with Crippen LogP contribution in [0.4, 0.5) is 5.69 Å². The van der Waals surface area contributed by atoms with Gasteiger partial charge in [0.15, 0.2) is 5.75 Å². The van der Waals surface area contributed by atoms with Crippen molar-refractivity contribution in [2.45, 2.75) is 37.4 Å². The van der Waals surface area contributed by atoms with Crippen LogP contribution in [0.5, 0.6) is 5.75 Å². The fourth-order valence-electron chi connectivity index (χ4n) is 4.52. The first-order valence-corrected chi connectivity index (χ1v) is 14.0. The molecule has 3 atom stereocenters. The maximum atomic E-state index is 13.6. The number of aliphatic hydroxyl groups excluding tert-OH is 1. The predicted octanol–water partition coefficient (Wildman–Crippen LogP) is 3.23. The molecule has 4 rings (SSSR count).